The Morgan fingerprint density at radius 3 is 2.76 bits per heavy atom. The van der Waals surface area contributed by atoms with E-state index in [0.717, 1.165) is 31.3 Å². The first-order valence-corrected chi connectivity index (χ1v) is 9.40. The van der Waals surface area contributed by atoms with Crippen LogP contribution in [0.4, 0.5) is 0 Å². The summed E-state index contributed by atoms with van der Waals surface area (Å²) in [5, 5.41) is 0. The highest BCUT2D eigenvalue weighted by Gasteiger charge is 2.43. The number of carbonyl (C=O) groups excluding carboxylic acids is 1. The highest BCUT2D eigenvalue weighted by molar-refractivity contribution is 5.95. The van der Waals surface area contributed by atoms with E-state index >= 15 is 0 Å². The van der Waals surface area contributed by atoms with Gasteiger partial charge in [0.05, 0.1) is 24.8 Å². The van der Waals surface area contributed by atoms with Crippen molar-refractivity contribution in [2.45, 2.75) is 44.7 Å². The van der Waals surface area contributed by atoms with Gasteiger partial charge in [-0.15, -0.1) is 0 Å². The van der Waals surface area contributed by atoms with Crippen LogP contribution in [0.15, 0.2) is 16.9 Å². The minimum atomic E-state index is -0.155. The van der Waals surface area contributed by atoms with Gasteiger partial charge in [-0.25, -0.2) is 0 Å². The number of amides is 1. The molecule has 2 aliphatic heterocycles. The van der Waals surface area contributed by atoms with Crippen LogP contribution in [0, 0.1) is 5.92 Å². The third-order valence-corrected chi connectivity index (χ3v) is 5.76. The monoisotopic (exact) mass is 345 g/mol. The van der Waals surface area contributed by atoms with Crippen molar-refractivity contribution in [1.29, 1.82) is 0 Å². The molecule has 1 aromatic rings. The van der Waals surface area contributed by atoms with Crippen LogP contribution in [0.3, 0.4) is 0 Å². The molecule has 0 spiro atoms. The maximum Gasteiger partial charge on any atom is 0.255 e. The fourth-order valence-electron chi connectivity index (χ4n) is 4.25. The van der Waals surface area contributed by atoms with Crippen LogP contribution >= 0.6 is 0 Å². The number of rotatable bonds is 3. The molecule has 3 aliphatic rings. The Morgan fingerprint density at radius 2 is 2.04 bits per heavy atom. The molecule has 2 atom stereocenters. The molecular weight excluding hydrogens is 318 g/mol. The second kappa shape index (κ2) is 6.57. The zero-order chi connectivity index (χ0) is 17.6. The summed E-state index contributed by atoms with van der Waals surface area (Å²) in [7, 11) is 0. The van der Waals surface area contributed by atoms with Crippen LogP contribution in [0.25, 0.3) is 0 Å². The fourth-order valence-corrected chi connectivity index (χ4v) is 4.25. The predicted octanol–water partition coefficient (Wildman–Crippen LogP) is 1.43. The van der Waals surface area contributed by atoms with Crippen molar-refractivity contribution in [3.8, 4) is 0 Å². The lowest BCUT2D eigenvalue weighted by Gasteiger charge is -2.48. The van der Waals surface area contributed by atoms with E-state index in [2.05, 4.69) is 9.88 Å². The molecule has 25 heavy (non-hydrogen) atoms. The highest BCUT2D eigenvalue weighted by atomic mass is 16.5. The van der Waals surface area contributed by atoms with Gasteiger partial charge in [0, 0.05) is 37.4 Å². The summed E-state index contributed by atoms with van der Waals surface area (Å²) in [4.78, 5) is 32.1. The number of piperazine rings is 1. The van der Waals surface area contributed by atoms with Crippen LogP contribution < -0.4 is 5.56 Å². The number of nitrogens with one attached hydrogen (secondary N) is 1. The summed E-state index contributed by atoms with van der Waals surface area (Å²) in [6, 6.07) is 3.95. The van der Waals surface area contributed by atoms with Gasteiger partial charge in [0.15, 0.2) is 0 Å². The third kappa shape index (κ3) is 3.25. The number of aromatic nitrogens is 1. The molecule has 2 saturated heterocycles. The molecule has 0 radical (unpaired) electrons. The van der Waals surface area contributed by atoms with E-state index in [9.17, 15) is 9.59 Å². The van der Waals surface area contributed by atoms with Gasteiger partial charge in [-0.2, -0.15) is 0 Å². The average Bonchev–Trinajstić information content (AvgIpc) is 3.45. The Bertz CT molecular complexity index is 710. The van der Waals surface area contributed by atoms with Crippen molar-refractivity contribution >= 4 is 5.91 Å². The SMILES string of the molecule is CC(C)c1[nH]c(=O)ccc1C(=O)N1CCN2[C@@H](COC[C@@H]2C2CC2)C1. The zero-order valence-electron chi connectivity index (χ0n) is 15.0. The maximum atomic E-state index is 13.1. The van der Waals surface area contributed by atoms with Gasteiger partial charge in [0.25, 0.3) is 5.91 Å². The van der Waals surface area contributed by atoms with E-state index in [0.29, 0.717) is 30.8 Å². The third-order valence-electron chi connectivity index (χ3n) is 5.76. The van der Waals surface area contributed by atoms with Crippen molar-refractivity contribution in [1.82, 2.24) is 14.8 Å². The van der Waals surface area contributed by atoms with Gasteiger partial charge >= 0.3 is 0 Å². The number of morpholine rings is 1. The summed E-state index contributed by atoms with van der Waals surface area (Å²) in [5.74, 6) is 0.913. The molecule has 1 aromatic heterocycles. The summed E-state index contributed by atoms with van der Waals surface area (Å²) in [6.07, 6.45) is 2.63. The normalized spacial score (nSPS) is 27.4. The number of fused-ring (bicyclic) bond motifs is 1. The first-order chi connectivity index (χ1) is 12.0. The van der Waals surface area contributed by atoms with Gasteiger partial charge in [-0.3, -0.25) is 14.5 Å². The van der Waals surface area contributed by atoms with E-state index in [1.165, 1.54) is 18.9 Å². The zero-order valence-corrected chi connectivity index (χ0v) is 15.0. The molecule has 3 heterocycles. The van der Waals surface area contributed by atoms with Crippen molar-refractivity contribution in [2.24, 2.45) is 5.92 Å². The maximum absolute atomic E-state index is 13.1. The molecule has 136 valence electrons. The molecule has 6 nitrogen and oxygen atoms in total. The van der Waals surface area contributed by atoms with Crippen LogP contribution in [-0.4, -0.2) is 65.6 Å². The second-order valence-corrected chi connectivity index (χ2v) is 7.89. The predicted molar refractivity (Wildman–Crippen MR) is 94.9 cm³/mol. The van der Waals surface area contributed by atoms with Gasteiger partial charge in [0.2, 0.25) is 5.56 Å². The van der Waals surface area contributed by atoms with Gasteiger partial charge < -0.3 is 14.6 Å². The average molecular weight is 345 g/mol. The van der Waals surface area contributed by atoms with Crippen LogP contribution in [-0.2, 0) is 4.74 Å². The van der Waals surface area contributed by atoms with Crippen molar-refractivity contribution in [3.05, 3.63) is 33.7 Å². The number of nitrogens with zero attached hydrogens (tertiary/aromatic N) is 2. The standard InChI is InChI=1S/C19H27N3O3/c1-12(2)18-15(5-6-17(23)20-18)19(24)21-7-8-22-14(9-21)10-25-11-16(22)13-3-4-13/h5-6,12-14,16H,3-4,7-11H2,1-2H3,(H,20,23)/t14-,16-/m1/s1. The molecule has 3 fully saturated rings. The van der Waals surface area contributed by atoms with Gasteiger partial charge in [0.1, 0.15) is 0 Å². The largest absolute Gasteiger partial charge is 0.378 e. The van der Waals surface area contributed by atoms with E-state index < -0.39 is 0 Å². The lowest BCUT2D eigenvalue weighted by Crippen LogP contribution is -2.63. The molecule has 0 aromatic carbocycles. The summed E-state index contributed by atoms with van der Waals surface area (Å²) in [5.41, 5.74) is 1.20. The molecule has 1 aliphatic carbocycles. The number of ether oxygens (including phenoxy) is 1. The van der Waals surface area contributed by atoms with Crippen molar-refractivity contribution in [2.75, 3.05) is 32.8 Å². The Labute approximate surface area is 148 Å². The number of pyridine rings is 1. The fraction of sp³-hybridized carbons (Fsp3) is 0.684. The lowest BCUT2D eigenvalue weighted by atomic mass is 10.0. The number of hydrogen-bond donors (Lipinski definition) is 1. The van der Waals surface area contributed by atoms with E-state index in [1.54, 1.807) is 6.07 Å². The van der Waals surface area contributed by atoms with E-state index in [4.69, 9.17) is 4.74 Å². The smallest absolute Gasteiger partial charge is 0.255 e. The Morgan fingerprint density at radius 1 is 1.24 bits per heavy atom. The molecule has 0 unspecified atom stereocenters. The quantitative estimate of drug-likeness (QED) is 0.900. The molecule has 4 rings (SSSR count). The minimum Gasteiger partial charge on any atom is -0.378 e. The summed E-state index contributed by atoms with van der Waals surface area (Å²) < 4.78 is 5.84. The van der Waals surface area contributed by atoms with Gasteiger partial charge in [-0.05, 0) is 30.7 Å². The number of hydrogen-bond acceptors (Lipinski definition) is 4. The molecule has 6 heteroatoms. The van der Waals surface area contributed by atoms with E-state index in [-0.39, 0.29) is 17.4 Å². The van der Waals surface area contributed by atoms with Gasteiger partial charge in [-0.1, -0.05) is 13.8 Å². The van der Waals surface area contributed by atoms with Crippen molar-refractivity contribution < 1.29 is 9.53 Å². The molecular formula is C19H27N3O3. The Hall–Kier alpha value is -1.66. The summed E-state index contributed by atoms with van der Waals surface area (Å²) in [6.45, 7) is 7.90. The highest BCUT2D eigenvalue weighted by Crippen LogP contribution is 2.38. The topological polar surface area (TPSA) is 65.6 Å². The van der Waals surface area contributed by atoms with Crippen LogP contribution in [0.1, 0.15) is 48.7 Å². The second-order valence-electron chi connectivity index (χ2n) is 7.89. The van der Waals surface area contributed by atoms with Crippen LogP contribution in [0.5, 0.6) is 0 Å². The number of H-pyrrole nitrogens is 1. The summed E-state index contributed by atoms with van der Waals surface area (Å²) >= 11 is 0. The first kappa shape index (κ1) is 16.8. The first-order valence-electron chi connectivity index (χ1n) is 9.40. The Balaban J connectivity index is 1.52. The molecule has 0 bridgehead atoms. The number of carbonyl (C=O) groups is 1. The van der Waals surface area contributed by atoms with Crippen molar-refractivity contribution in [3.63, 3.8) is 0 Å². The number of aromatic amines is 1. The van der Waals surface area contributed by atoms with Crippen LogP contribution in [0.2, 0.25) is 0 Å². The van der Waals surface area contributed by atoms with E-state index in [1.807, 2.05) is 18.7 Å². The minimum absolute atomic E-state index is 0.0214. The molecule has 1 N–H and O–H groups in total. The molecule has 1 saturated carbocycles. The lowest BCUT2D eigenvalue weighted by molar-refractivity contribution is -0.0816. The Kier molecular flexibility index (Phi) is 4.41. The molecule has 1 amide bonds.